The topological polar surface area (TPSA) is 108 Å². The van der Waals surface area contributed by atoms with Gasteiger partial charge >= 0.3 is 5.97 Å². The van der Waals surface area contributed by atoms with Gasteiger partial charge in [0.2, 0.25) is 5.91 Å². The van der Waals surface area contributed by atoms with E-state index >= 15 is 0 Å². The molecule has 0 saturated carbocycles. The lowest BCUT2D eigenvalue weighted by Gasteiger charge is -2.33. The summed E-state index contributed by atoms with van der Waals surface area (Å²) in [4.78, 5) is 43.5. The molecule has 4 heterocycles. The Bertz CT molecular complexity index is 1570. The lowest BCUT2D eigenvalue weighted by molar-refractivity contribution is -0.153. The highest BCUT2D eigenvalue weighted by atomic mass is 79.9. The lowest BCUT2D eigenvalue weighted by Crippen LogP contribution is -2.40. The molecule has 1 amide bonds. The van der Waals surface area contributed by atoms with Gasteiger partial charge in [-0.15, -0.1) is 0 Å². The van der Waals surface area contributed by atoms with E-state index in [-0.39, 0.29) is 36.4 Å². The maximum Gasteiger partial charge on any atom is 0.309 e. The second-order valence-corrected chi connectivity index (χ2v) is 10.9. The standard InChI is InChI=1S/C28H27BrN4O4/c29-23-12-17-5-6-19(28(36)37-15-22(17)21-14-30-32-26(21)23)13-25(34)33-9-7-16(8-10-33)20-11-18-3-1-2-4-24(18)31-27(20)35/h1-4,11-12,14,16,19H,5-10,13,15H2,(H,30,32)(H,31,35)/t19-/m0/s1. The maximum absolute atomic E-state index is 13.2. The Balaban J connectivity index is 1.11. The van der Waals surface area contributed by atoms with Crippen LogP contribution >= 0.6 is 15.9 Å². The van der Waals surface area contributed by atoms with Crippen LogP contribution in [0.5, 0.6) is 0 Å². The van der Waals surface area contributed by atoms with Crippen molar-refractivity contribution in [2.75, 3.05) is 13.1 Å². The van der Waals surface area contributed by atoms with Crippen LogP contribution in [-0.4, -0.2) is 45.0 Å². The Morgan fingerprint density at radius 1 is 1.14 bits per heavy atom. The van der Waals surface area contributed by atoms with Gasteiger partial charge in [0, 0.05) is 46.0 Å². The molecule has 0 radical (unpaired) electrons. The number of carbonyl (C=O) groups is 2. The maximum atomic E-state index is 13.2. The minimum Gasteiger partial charge on any atom is -0.461 e. The van der Waals surface area contributed by atoms with Gasteiger partial charge in [0.1, 0.15) is 6.61 Å². The van der Waals surface area contributed by atoms with Crippen molar-refractivity contribution in [2.45, 2.75) is 44.6 Å². The number of carbonyl (C=O) groups excluding carboxylic acids is 2. The minimum absolute atomic E-state index is 0.0277. The highest BCUT2D eigenvalue weighted by molar-refractivity contribution is 9.10. The van der Waals surface area contributed by atoms with Crippen molar-refractivity contribution in [1.82, 2.24) is 20.1 Å². The predicted octanol–water partition coefficient (Wildman–Crippen LogP) is 4.57. The quantitative estimate of drug-likeness (QED) is 0.355. The fraction of sp³-hybridized carbons (Fsp3) is 0.357. The zero-order chi connectivity index (χ0) is 25.5. The molecular formula is C28H27BrN4O4. The largest absolute Gasteiger partial charge is 0.461 e. The number of aromatic nitrogens is 3. The van der Waals surface area contributed by atoms with Crippen LogP contribution in [0.15, 0.2) is 51.9 Å². The number of aromatic amines is 2. The van der Waals surface area contributed by atoms with Gasteiger partial charge in [0.05, 0.1) is 17.6 Å². The van der Waals surface area contributed by atoms with E-state index in [1.807, 2.05) is 41.3 Å². The summed E-state index contributed by atoms with van der Waals surface area (Å²) in [7, 11) is 0. The summed E-state index contributed by atoms with van der Waals surface area (Å²) in [5, 5.41) is 9.06. The van der Waals surface area contributed by atoms with Crippen molar-refractivity contribution in [2.24, 2.45) is 5.92 Å². The molecule has 1 fully saturated rings. The van der Waals surface area contributed by atoms with Crippen LogP contribution in [0.1, 0.15) is 48.3 Å². The number of fused-ring (bicyclic) bond motifs is 4. The molecule has 190 valence electrons. The average molecular weight is 563 g/mol. The SMILES string of the molecule is O=C1OCc2c(cc(Br)c3[nH]ncc23)CC[C@H]1CC(=O)N1CCC(c2cc3ccccc3[nH]c2=O)CC1. The summed E-state index contributed by atoms with van der Waals surface area (Å²) in [5.41, 5.74) is 4.52. The molecule has 0 unspecified atom stereocenters. The molecule has 4 aromatic rings. The smallest absolute Gasteiger partial charge is 0.309 e. The van der Waals surface area contributed by atoms with Crippen LogP contribution in [0, 0.1) is 5.92 Å². The van der Waals surface area contributed by atoms with Gasteiger partial charge in [0.25, 0.3) is 5.56 Å². The lowest BCUT2D eigenvalue weighted by atomic mass is 9.88. The molecule has 8 nitrogen and oxygen atoms in total. The summed E-state index contributed by atoms with van der Waals surface area (Å²) >= 11 is 3.60. The number of pyridine rings is 1. The Morgan fingerprint density at radius 3 is 2.78 bits per heavy atom. The van der Waals surface area contributed by atoms with E-state index in [4.69, 9.17) is 4.74 Å². The Labute approximate surface area is 221 Å². The number of esters is 1. The molecule has 2 N–H and O–H groups in total. The minimum atomic E-state index is -0.472. The first-order chi connectivity index (χ1) is 18.0. The number of H-pyrrole nitrogens is 2. The second kappa shape index (κ2) is 9.78. The third-order valence-electron chi connectivity index (χ3n) is 7.84. The molecule has 1 saturated heterocycles. The third kappa shape index (κ3) is 4.56. The number of cyclic esters (lactones) is 1. The van der Waals surface area contributed by atoms with E-state index < -0.39 is 5.92 Å². The molecule has 9 heteroatoms. The molecule has 0 bridgehead atoms. The molecule has 2 aromatic carbocycles. The van der Waals surface area contributed by atoms with Crippen molar-refractivity contribution < 1.29 is 14.3 Å². The van der Waals surface area contributed by atoms with Gasteiger partial charge < -0.3 is 14.6 Å². The van der Waals surface area contributed by atoms with Crippen molar-refractivity contribution in [3.63, 3.8) is 0 Å². The first-order valence-corrected chi connectivity index (χ1v) is 13.5. The second-order valence-electron chi connectivity index (χ2n) is 10.00. The summed E-state index contributed by atoms with van der Waals surface area (Å²) in [5.74, 6) is -0.713. The van der Waals surface area contributed by atoms with Crippen LogP contribution in [0.4, 0.5) is 0 Å². The predicted molar refractivity (Wildman–Crippen MR) is 143 cm³/mol. The number of nitrogens with zero attached hydrogens (tertiary/aromatic N) is 2. The molecule has 0 spiro atoms. The number of ether oxygens (including phenoxy) is 1. The molecule has 2 aromatic heterocycles. The monoisotopic (exact) mass is 562 g/mol. The molecule has 0 aliphatic carbocycles. The Kier molecular flexibility index (Phi) is 6.32. The molecule has 2 aliphatic heterocycles. The molecule has 37 heavy (non-hydrogen) atoms. The van der Waals surface area contributed by atoms with E-state index in [0.29, 0.717) is 25.9 Å². The number of aryl methyl sites for hydroxylation is 1. The summed E-state index contributed by atoms with van der Waals surface area (Å²) < 4.78 is 6.57. The van der Waals surface area contributed by atoms with Crippen molar-refractivity contribution in [3.8, 4) is 0 Å². The number of hydrogen-bond donors (Lipinski definition) is 2. The number of para-hydroxylation sites is 1. The number of likely N-dealkylation sites (tertiary alicyclic amines) is 1. The zero-order valence-electron chi connectivity index (χ0n) is 20.3. The first-order valence-electron chi connectivity index (χ1n) is 12.7. The zero-order valence-corrected chi connectivity index (χ0v) is 21.8. The van der Waals surface area contributed by atoms with Gasteiger partial charge in [-0.25, -0.2) is 0 Å². The van der Waals surface area contributed by atoms with Crippen LogP contribution < -0.4 is 5.56 Å². The highest BCUT2D eigenvalue weighted by Gasteiger charge is 2.31. The summed E-state index contributed by atoms with van der Waals surface area (Å²) in [6, 6.07) is 11.8. The first kappa shape index (κ1) is 23.9. The average Bonchev–Trinajstić information content (AvgIpc) is 3.40. The van der Waals surface area contributed by atoms with Crippen molar-refractivity contribution >= 4 is 49.6 Å². The number of halogens is 1. The van der Waals surface area contributed by atoms with E-state index in [2.05, 4.69) is 31.1 Å². The van der Waals surface area contributed by atoms with Crippen LogP contribution in [-0.2, 0) is 27.4 Å². The molecule has 6 rings (SSSR count). The molecule has 2 aliphatic rings. The van der Waals surface area contributed by atoms with E-state index in [9.17, 15) is 14.4 Å². The summed E-state index contributed by atoms with van der Waals surface area (Å²) in [6.07, 6.45) is 4.59. The van der Waals surface area contributed by atoms with Crippen LogP contribution in [0.3, 0.4) is 0 Å². The van der Waals surface area contributed by atoms with Gasteiger partial charge in [-0.3, -0.25) is 19.5 Å². The van der Waals surface area contributed by atoms with E-state index in [1.165, 1.54) is 0 Å². The van der Waals surface area contributed by atoms with Gasteiger partial charge in [-0.1, -0.05) is 18.2 Å². The van der Waals surface area contributed by atoms with Gasteiger partial charge in [-0.2, -0.15) is 5.10 Å². The summed E-state index contributed by atoms with van der Waals surface area (Å²) in [6.45, 7) is 1.32. The van der Waals surface area contributed by atoms with E-state index in [0.717, 1.165) is 55.8 Å². The third-order valence-corrected chi connectivity index (χ3v) is 8.46. The van der Waals surface area contributed by atoms with Crippen molar-refractivity contribution in [3.05, 3.63) is 74.1 Å². The van der Waals surface area contributed by atoms with Crippen molar-refractivity contribution in [1.29, 1.82) is 0 Å². The fourth-order valence-corrected chi connectivity index (χ4v) is 6.30. The Hall–Kier alpha value is -3.46. The van der Waals surface area contributed by atoms with Gasteiger partial charge in [-0.05, 0) is 76.7 Å². The van der Waals surface area contributed by atoms with Crippen LogP contribution in [0.25, 0.3) is 21.8 Å². The number of benzene rings is 2. The number of hydrogen-bond acceptors (Lipinski definition) is 5. The Morgan fingerprint density at radius 2 is 1.95 bits per heavy atom. The number of rotatable bonds is 3. The number of nitrogens with one attached hydrogen (secondary N) is 2. The molecular weight excluding hydrogens is 536 g/mol. The highest BCUT2D eigenvalue weighted by Crippen LogP contribution is 2.33. The number of amides is 1. The van der Waals surface area contributed by atoms with E-state index in [1.54, 1.807) is 6.20 Å². The number of piperidine rings is 1. The van der Waals surface area contributed by atoms with Crippen LogP contribution in [0.2, 0.25) is 0 Å². The van der Waals surface area contributed by atoms with Gasteiger partial charge in [0.15, 0.2) is 0 Å². The normalized spacial score (nSPS) is 18.9. The fourth-order valence-electron chi connectivity index (χ4n) is 5.72. The molecule has 1 atom stereocenters.